The Bertz CT molecular complexity index is 503. The topological polar surface area (TPSA) is 43.8 Å². The number of amides is 1. The quantitative estimate of drug-likeness (QED) is 0.918. The summed E-state index contributed by atoms with van der Waals surface area (Å²) in [5.74, 6) is 0.689. The zero-order valence-electron chi connectivity index (χ0n) is 12.0. The van der Waals surface area contributed by atoms with Gasteiger partial charge in [0.1, 0.15) is 5.75 Å². The standard InChI is InChI=1S/C16H22N2O2/c1-2-14(13-5-3-4-6-15(13)19)17-9-10-18-12(11-17)7-8-16(18)20/h3-6,12,14,19H,2,7-11H2,1H3. The van der Waals surface area contributed by atoms with Crippen LogP contribution in [0.1, 0.15) is 37.8 Å². The van der Waals surface area contributed by atoms with Crippen LogP contribution < -0.4 is 0 Å². The molecule has 2 heterocycles. The van der Waals surface area contributed by atoms with Crippen molar-refractivity contribution >= 4 is 5.91 Å². The molecule has 2 fully saturated rings. The van der Waals surface area contributed by atoms with Crippen molar-refractivity contribution in [1.29, 1.82) is 0 Å². The van der Waals surface area contributed by atoms with Crippen LogP contribution in [0.4, 0.5) is 0 Å². The highest BCUT2D eigenvalue weighted by atomic mass is 16.3. The third-order valence-corrected chi connectivity index (χ3v) is 4.65. The van der Waals surface area contributed by atoms with E-state index in [-0.39, 0.29) is 6.04 Å². The zero-order chi connectivity index (χ0) is 14.1. The molecule has 0 bridgehead atoms. The van der Waals surface area contributed by atoms with Gasteiger partial charge < -0.3 is 10.0 Å². The van der Waals surface area contributed by atoms with Gasteiger partial charge in [-0.25, -0.2) is 0 Å². The largest absolute Gasteiger partial charge is 0.508 e. The van der Waals surface area contributed by atoms with Gasteiger partial charge in [0.15, 0.2) is 0 Å². The van der Waals surface area contributed by atoms with Crippen LogP contribution in [-0.4, -0.2) is 46.5 Å². The summed E-state index contributed by atoms with van der Waals surface area (Å²) in [6.45, 7) is 4.81. The number of piperazine rings is 1. The average molecular weight is 274 g/mol. The number of aromatic hydroxyl groups is 1. The fourth-order valence-electron chi connectivity index (χ4n) is 3.62. The number of hydrogen-bond donors (Lipinski definition) is 1. The van der Waals surface area contributed by atoms with Gasteiger partial charge in [0.05, 0.1) is 0 Å². The van der Waals surface area contributed by atoms with Crippen LogP contribution in [0.5, 0.6) is 5.75 Å². The molecule has 2 unspecified atom stereocenters. The molecule has 1 amide bonds. The lowest BCUT2D eigenvalue weighted by atomic mass is 9.99. The molecule has 4 nitrogen and oxygen atoms in total. The van der Waals surface area contributed by atoms with Gasteiger partial charge in [0.25, 0.3) is 0 Å². The van der Waals surface area contributed by atoms with Crippen LogP contribution in [-0.2, 0) is 4.79 Å². The lowest BCUT2D eigenvalue weighted by molar-refractivity contribution is -0.131. The predicted octanol–water partition coefficient (Wildman–Crippen LogP) is 2.15. The van der Waals surface area contributed by atoms with E-state index in [0.717, 1.165) is 38.0 Å². The Kier molecular flexibility index (Phi) is 3.66. The number of rotatable bonds is 3. The number of nitrogens with zero attached hydrogens (tertiary/aromatic N) is 2. The molecular weight excluding hydrogens is 252 g/mol. The Morgan fingerprint density at radius 1 is 1.35 bits per heavy atom. The molecule has 0 aromatic heterocycles. The summed E-state index contributed by atoms with van der Waals surface area (Å²) in [5, 5.41) is 10.1. The monoisotopic (exact) mass is 274 g/mol. The van der Waals surface area contributed by atoms with Crippen molar-refractivity contribution in [2.24, 2.45) is 0 Å². The molecule has 3 rings (SSSR count). The minimum absolute atomic E-state index is 0.244. The summed E-state index contributed by atoms with van der Waals surface area (Å²) >= 11 is 0. The van der Waals surface area contributed by atoms with Crippen LogP contribution in [0.3, 0.4) is 0 Å². The normalized spacial score (nSPS) is 24.8. The first-order chi connectivity index (χ1) is 9.70. The van der Waals surface area contributed by atoms with E-state index < -0.39 is 0 Å². The fourth-order valence-corrected chi connectivity index (χ4v) is 3.62. The number of fused-ring (bicyclic) bond motifs is 1. The first kappa shape index (κ1) is 13.4. The zero-order valence-corrected chi connectivity index (χ0v) is 12.0. The maximum Gasteiger partial charge on any atom is 0.222 e. The van der Waals surface area contributed by atoms with Gasteiger partial charge in [-0.2, -0.15) is 0 Å². The van der Waals surface area contributed by atoms with Gasteiger partial charge in [-0.15, -0.1) is 0 Å². The van der Waals surface area contributed by atoms with Crippen molar-refractivity contribution in [2.45, 2.75) is 38.3 Å². The summed E-state index contributed by atoms with van der Waals surface area (Å²) in [6.07, 6.45) is 2.65. The smallest absolute Gasteiger partial charge is 0.222 e. The van der Waals surface area contributed by atoms with Crippen LogP contribution in [0.15, 0.2) is 24.3 Å². The van der Waals surface area contributed by atoms with Gasteiger partial charge in [0.2, 0.25) is 5.91 Å². The Labute approximate surface area is 120 Å². The number of carbonyl (C=O) groups excluding carboxylic acids is 1. The molecule has 4 heteroatoms. The summed E-state index contributed by atoms with van der Waals surface area (Å²) in [7, 11) is 0. The molecule has 1 aromatic carbocycles. The van der Waals surface area contributed by atoms with E-state index in [1.165, 1.54) is 0 Å². The van der Waals surface area contributed by atoms with Gasteiger partial charge >= 0.3 is 0 Å². The SMILES string of the molecule is CCC(c1ccccc1O)N1CCN2C(=O)CCC2C1. The third-order valence-electron chi connectivity index (χ3n) is 4.65. The molecule has 2 aliphatic heterocycles. The predicted molar refractivity (Wildman–Crippen MR) is 77.4 cm³/mol. The summed E-state index contributed by atoms with van der Waals surface area (Å²) < 4.78 is 0. The maximum absolute atomic E-state index is 11.7. The molecule has 0 saturated carbocycles. The Morgan fingerprint density at radius 3 is 2.90 bits per heavy atom. The van der Waals surface area contributed by atoms with Crippen LogP contribution >= 0.6 is 0 Å². The average Bonchev–Trinajstić information content (AvgIpc) is 2.83. The molecule has 0 radical (unpaired) electrons. The molecular formula is C16H22N2O2. The summed E-state index contributed by atoms with van der Waals surface area (Å²) in [6, 6.07) is 8.22. The number of phenolic OH excluding ortho intramolecular Hbond substituents is 1. The van der Waals surface area contributed by atoms with Crippen LogP contribution in [0, 0.1) is 0 Å². The first-order valence-electron chi connectivity index (χ1n) is 7.52. The van der Waals surface area contributed by atoms with Crippen LogP contribution in [0.25, 0.3) is 0 Å². The number of para-hydroxylation sites is 1. The van der Waals surface area contributed by atoms with E-state index in [2.05, 4.69) is 11.8 Å². The fraction of sp³-hybridized carbons (Fsp3) is 0.562. The van der Waals surface area contributed by atoms with E-state index in [4.69, 9.17) is 0 Å². The van der Waals surface area contributed by atoms with Crippen molar-refractivity contribution < 1.29 is 9.90 Å². The first-order valence-corrected chi connectivity index (χ1v) is 7.52. The Hall–Kier alpha value is -1.55. The summed E-state index contributed by atoms with van der Waals surface area (Å²) in [4.78, 5) is 16.2. The maximum atomic E-state index is 11.7. The molecule has 2 atom stereocenters. The van der Waals surface area contributed by atoms with Crippen molar-refractivity contribution in [1.82, 2.24) is 9.80 Å². The van der Waals surface area contributed by atoms with E-state index in [1.807, 2.05) is 23.1 Å². The van der Waals surface area contributed by atoms with Crippen molar-refractivity contribution in [3.8, 4) is 5.75 Å². The molecule has 1 N–H and O–H groups in total. The Morgan fingerprint density at radius 2 is 2.15 bits per heavy atom. The highest BCUT2D eigenvalue weighted by molar-refractivity contribution is 5.78. The minimum atomic E-state index is 0.244. The minimum Gasteiger partial charge on any atom is -0.508 e. The third kappa shape index (κ3) is 2.29. The van der Waals surface area contributed by atoms with Gasteiger partial charge in [-0.05, 0) is 18.9 Å². The Balaban J connectivity index is 1.78. The van der Waals surface area contributed by atoms with E-state index >= 15 is 0 Å². The molecule has 108 valence electrons. The van der Waals surface area contributed by atoms with Gasteiger partial charge in [-0.1, -0.05) is 25.1 Å². The molecule has 2 saturated heterocycles. The number of phenols is 1. The highest BCUT2D eigenvalue weighted by Gasteiger charge is 2.37. The van der Waals surface area contributed by atoms with Crippen molar-refractivity contribution in [2.75, 3.05) is 19.6 Å². The lowest BCUT2D eigenvalue weighted by Gasteiger charge is -2.41. The highest BCUT2D eigenvalue weighted by Crippen LogP contribution is 2.34. The van der Waals surface area contributed by atoms with E-state index in [1.54, 1.807) is 6.07 Å². The molecule has 0 aliphatic carbocycles. The van der Waals surface area contributed by atoms with Crippen LogP contribution in [0.2, 0.25) is 0 Å². The lowest BCUT2D eigenvalue weighted by Crippen LogP contribution is -2.52. The second-order valence-electron chi connectivity index (χ2n) is 5.76. The van der Waals surface area contributed by atoms with E-state index in [0.29, 0.717) is 24.1 Å². The van der Waals surface area contributed by atoms with Gasteiger partial charge in [-0.3, -0.25) is 9.69 Å². The second kappa shape index (κ2) is 5.44. The molecule has 0 spiro atoms. The molecule has 2 aliphatic rings. The van der Waals surface area contributed by atoms with Crippen molar-refractivity contribution in [3.05, 3.63) is 29.8 Å². The number of carbonyl (C=O) groups is 1. The summed E-state index contributed by atoms with van der Waals surface area (Å²) in [5.41, 5.74) is 1.01. The molecule has 1 aromatic rings. The molecule has 20 heavy (non-hydrogen) atoms. The van der Waals surface area contributed by atoms with Crippen molar-refractivity contribution in [3.63, 3.8) is 0 Å². The van der Waals surface area contributed by atoms with E-state index in [9.17, 15) is 9.90 Å². The number of hydrogen-bond acceptors (Lipinski definition) is 3. The number of benzene rings is 1. The van der Waals surface area contributed by atoms with Gasteiger partial charge in [0, 0.05) is 43.7 Å². The second-order valence-corrected chi connectivity index (χ2v) is 5.76.